The number of carbonyl (C=O) groups excluding carboxylic acids is 3. The fourth-order valence-electron chi connectivity index (χ4n) is 4.91. The molecule has 1 amide bonds. The lowest BCUT2D eigenvalue weighted by molar-refractivity contribution is -0.172. The number of cyclic esters (lactones) is 1. The molecule has 0 bridgehead atoms. The molecule has 0 unspecified atom stereocenters. The standard InChI is InChI=1S/C27H25N5O7/c1-5-27(39-26(36)30-13(2)3)17-8-20-23-15(11-32(20)24(34)16(17)12-37-25(27)35)6-14-7-21(38-22(33)10-28)19(29-4)9-18(14)31-23/h6-9,13H,5,10-12,28H2,1-3H3,(H,30,36)/t27-/m0/s1. The number of amides is 1. The summed E-state index contributed by atoms with van der Waals surface area (Å²) in [7, 11) is 0. The highest BCUT2D eigenvalue weighted by Crippen LogP contribution is 2.42. The molecule has 0 radical (unpaired) electrons. The topological polar surface area (TPSA) is 156 Å². The van der Waals surface area contributed by atoms with Gasteiger partial charge in [0, 0.05) is 22.6 Å². The van der Waals surface area contributed by atoms with Crippen molar-refractivity contribution < 1.29 is 28.6 Å². The van der Waals surface area contributed by atoms with Crippen molar-refractivity contribution in [3.05, 3.63) is 62.7 Å². The van der Waals surface area contributed by atoms with E-state index in [1.165, 1.54) is 16.7 Å². The Morgan fingerprint density at radius 3 is 2.72 bits per heavy atom. The van der Waals surface area contributed by atoms with Crippen LogP contribution in [-0.2, 0) is 37.8 Å². The minimum Gasteiger partial charge on any atom is -0.457 e. The molecule has 12 heteroatoms. The molecule has 200 valence electrons. The Labute approximate surface area is 222 Å². The lowest BCUT2D eigenvalue weighted by Crippen LogP contribution is -2.49. The summed E-state index contributed by atoms with van der Waals surface area (Å²) in [5.41, 5.74) is 5.79. The van der Waals surface area contributed by atoms with Crippen LogP contribution in [0.4, 0.5) is 10.5 Å². The molecule has 0 saturated heterocycles. The first kappa shape index (κ1) is 25.9. The van der Waals surface area contributed by atoms with E-state index in [1.807, 2.05) is 0 Å². The number of hydrogen-bond donors (Lipinski definition) is 2. The summed E-state index contributed by atoms with van der Waals surface area (Å²) in [5.74, 6) is -1.37. The molecule has 0 spiro atoms. The highest BCUT2D eigenvalue weighted by atomic mass is 16.6. The van der Waals surface area contributed by atoms with Crippen molar-refractivity contribution in [2.75, 3.05) is 6.54 Å². The Bertz CT molecular complexity index is 1670. The van der Waals surface area contributed by atoms with Gasteiger partial charge in [-0.3, -0.25) is 9.59 Å². The monoisotopic (exact) mass is 531 g/mol. The number of nitrogens with zero attached hydrogens (tertiary/aromatic N) is 3. The van der Waals surface area contributed by atoms with Crippen LogP contribution in [0.5, 0.6) is 5.75 Å². The first-order valence-electron chi connectivity index (χ1n) is 12.3. The van der Waals surface area contributed by atoms with E-state index in [-0.39, 0.29) is 60.3 Å². The fourth-order valence-corrected chi connectivity index (χ4v) is 4.91. The average Bonchev–Trinajstić information content (AvgIpc) is 3.26. The molecule has 2 aliphatic rings. The summed E-state index contributed by atoms with van der Waals surface area (Å²) in [5, 5.41) is 3.21. The Kier molecular flexibility index (Phi) is 6.32. The smallest absolute Gasteiger partial charge is 0.408 e. The molecule has 39 heavy (non-hydrogen) atoms. The van der Waals surface area contributed by atoms with Gasteiger partial charge in [0.15, 0.2) is 0 Å². The van der Waals surface area contributed by atoms with Gasteiger partial charge in [-0.05, 0) is 44.5 Å². The van der Waals surface area contributed by atoms with Crippen molar-refractivity contribution >= 4 is 34.6 Å². The molecule has 1 aromatic carbocycles. The number of nitrogens with one attached hydrogen (secondary N) is 1. The molecule has 3 aromatic rings. The van der Waals surface area contributed by atoms with Gasteiger partial charge in [0.2, 0.25) is 11.3 Å². The van der Waals surface area contributed by atoms with Crippen LogP contribution >= 0.6 is 0 Å². The number of ether oxygens (including phenoxy) is 3. The number of rotatable bonds is 5. The number of alkyl carbamates (subject to hydrolysis) is 1. The number of hydrogen-bond acceptors (Lipinski definition) is 9. The minimum absolute atomic E-state index is 0.0455. The molecule has 2 aliphatic heterocycles. The van der Waals surface area contributed by atoms with E-state index in [4.69, 9.17) is 31.5 Å². The van der Waals surface area contributed by atoms with Gasteiger partial charge >= 0.3 is 18.0 Å². The van der Waals surface area contributed by atoms with E-state index in [9.17, 15) is 19.2 Å². The molecule has 3 N–H and O–H groups in total. The summed E-state index contributed by atoms with van der Waals surface area (Å²) in [6, 6.07) is 6.25. The van der Waals surface area contributed by atoms with Gasteiger partial charge in [-0.25, -0.2) is 19.4 Å². The first-order chi connectivity index (χ1) is 18.6. The highest BCUT2D eigenvalue weighted by Gasteiger charge is 2.50. The molecule has 0 saturated carbocycles. The largest absolute Gasteiger partial charge is 0.457 e. The minimum atomic E-state index is -1.81. The van der Waals surface area contributed by atoms with Crippen LogP contribution in [0, 0.1) is 6.57 Å². The van der Waals surface area contributed by atoms with Crippen molar-refractivity contribution in [2.24, 2.45) is 5.73 Å². The molecule has 4 heterocycles. The van der Waals surface area contributed by atoms with Crippen LogP contribution in [-0.4, -0.2) is 40.2 Å². The number of aromatic nitrogens is 2. The predicted octanol–water partition coefficient (Wildman–Crippen LogP) is 2.64. The van der Waals surface area contributed by atoms with Crippen LogP contribution in [0.15, 0.2) is 29.1 Å². The molecule has 1 atom stereocenters. The summed E-state index contributed by atoms with van der Waals surface area (Å²) in [6.45, 7) is 12.3. The third kappa shape index (κ3) is 4.17. The quantitative estimate of drug-likeness (QED) is 0.224. The summed E-state index contributed by atoms with van der Waals surface area (Å²) < 4.78 is 17.7. The van der Waals surface area contributed by atoms with Gasteiger partial charge in [0.1, 0.15) is 12.4 Å². The molecular formula is C27H25N5O7. The lowest BCUT2D eigenvalue weighted by Gasteiger charge is -2.35. The Hall–Kier alpha value is -4.76. The van der Waals surface area contributed by atoms with Gasteiger partial charge in [-0.2, -0.15) is 0 Å². The Morgan fingerprint density at radius 1 is 1.28 bits per heavy atom. The van der Waals surface area contributed by atoms with Gasteiger partial charge in [-0.15, -0.1) is 0 Å². The third-order valence-corrected chi connectivity index (χ3v) is 6.74. The zero-order valence-corrected chi connectivity index (χ0v) is 21.5. The molecule has 0 aliphatic carbocycles. The lowest BCUT2D eigenvalue weighted by atomic mass is 9.85. The van der Waals surface area contributed by atoms with Crippen molar-refractivity contribution in [3.8, 4) is 17.1 Å². The van der Waals surface area contributed by atoms with E-state index < -0.39 is 23.6 Å². The Morgan fingerprint density at radius 2 is 2.05 bits per heavy atom. The van der Waals surface area contributed by atoms with E-state index in [2.05, 4.69) is 10.2 Å². The van der Waals surface area contributed by atoms with Gasteiger partial charge in [-0.1, -0.05) is 6.92 Å². The summed E-state index contributed by atoms with van der Waals surface area (Å²) in [6.07, 6.45) is -0.760. The van der Waals surface area contributed by atoms with Crippen LogP contribution < -0.4 is 21.3 Å². The van der Waals surface area contributed by atoms with E-state index in [0.29, 0.717) is 27.9 Å². The van der Waals surface area contributed by atoms with Crippen molar-refractivity contribution in [3.63, 3.8) is 0 Å². The Balaban J connectivity index is 1.66. The molecule has 5 rings (SSSR count). The van der Waals surface area contributed by atoms with E-state index in [0.717, 1.165) is 0 Å². The number of fused-ring (bicyclic) bond motifs is 5. The maximum Gasteiger partial charge on any atom is 0.408 e. The van der Waals surface area contributed by atoms with E-state index >= 15 is 0 Å². The second kappa shape index (κ2) is 9.52. The van der Waals surface area contributed by atoms with Gasteiger partial charge in [0.25, 0.3) is 5.56 Å². The third-order valence-electron chi connectivity index (χ3n) is 6.74. The van der Waals surface area contributed by atoms with Crippen molar-refractivity contribution in [2.45, 2.75) is 52.0 Å². The average molecular weight is 532 g/mol. The number of benzene rings is 1. The van der Waals surface area contributed by atoms with Crippen LogP contribution in [0.3, 0.4) is 0 Å². The zero-order valence-electron chi connectivity index (χ0n) is 21.5. The van der Waals surface area contributed by atoms with Gasteiger partial charge in [0.05, 0.1) is 42.1 Å². The van der Waals surface area contributed by atoms with Crippen LogP contribution in [0.1, 0.15) is 43.9 Å². The van der Waals surface area contributed by atoms with Gasteiger partial charge < -0.3 is 29.8 Å². The molecule has 2 aromatic heterocycles. The fraction of sp³-hybridized carbons (Fsp3) is 0.333. The number of carbonyl (C=O) groups is 3. The molecule has 0 fully saturated rings. The van der Waals surface area contributed by atoms with Crippen molar-refractivity contribution in [1.29, 1.82) is 0 Å². The number of pyridine rings is 2. The zero-order chi connectivity index (χ0) is 28.1. The first-order valence-corrected chi connectivity index (χ1v) is 12.3. The van der Waals surface area contributed by atoms with Crippen LogP contribution in [0.25, 0.3) is 27.1 Å². The SMILES string of the molecule is [C-]#[N+]c1cc2nc3c(cc2cc1OC(=O)CN)Cn1c-3cc2c(c1=O)COC(=O)[C@@]2(CC)OC(=O)NC(C)C. The maximum atomic E-state index is 13.6. The molecular weight excluding hydrogens is 506 g/mol. The predicted molar refractivity (Wildman–Crippen MR) is 138 cm³/mol. The molecule has 12 nitrogen and oxygen atoms in total. The summed E-state index contributed by atoms with van der Waals surface area (Å²) in [4.78, 5) is 59.1. The number of nitrogens with two attached hydrogens (primary N) is 1. The van der Waals surface area contributed by atoms with Crippen molar-refractivity contribution in [1.82, 2.24) is 14.9 Å². The second-order valence-electron chi connectivity index (χ2n) is 9.56. The second-order valence-corrected chi connectivity index (χ2v) is 9.56. The highest BCUT2D eigenvalue weighted by molar-refractivity contribution is 5.91. The number of esters is 2. The normalized spacial score (nSPS) is 17.1. The maximum absolute atomic E-state index is 13.6. The van der Waals surface area contributed by atoms with Crippen LogP contribution in [0.2, 0.25) is 0 Å². The summed E-state index contributed by atoms with van der Waals surface area (Å²) >= 11 is 0. The van der Waals surface area contributed by atoms with E-state index in [1.54, 1.807) is 32.9 Å².